The third-order valence-corrected chi connectivity index (χ3v) is 13.1. The summed E-state index contributed by atoms with van der Waals surface area (Å²) in [5.74, 6) is 9.77. The second-order valence-corrected chi connectivity index (χ2v) is 17.0. The summed E-state index contributed by atoms with van der Waals surface area (Å²) in [5, 5.41) is 7.15. The molecule has 39 heavy (non-hydrogen) atoms. The summed E-state index contributed by atoms with van der Waals surface area (Å²) in [7, 11) is -0.244. The zero-order chi connectivity index (χ0) is 27.9. The van der Waals surface area contributed by atoms with E-state index >= 15 is 0 Å². The summed E-state index contributed by atoms with van der Waals surface area (Å²) < 4.78 is 14.3. The normalized spacial score (nSPS) is 21.2. The summed E-state index contributed by atoms with van der Waals surface area (Å²) in [6.07, 6.45) is 3.67. The van der Waals surface area contributed by atoms with Gasteiger partial charge >= 0.3 is 6.03 Å². The van der Waals surface area contributed by atoms with Crippen LogP contribution in [0.3, 0.4) is 0 Å². The highest BCUT2D eigenvalue weighted by molar-refractivity contribution is 6.74. The summed E-state index contributed by atoms with van der Waals surface area (Å²) in [6, 6.07) is 10.1. The molecule has 0 radical (unpaired) electrons. The second kappa shape index (κ2) is 10.3. The Hall–Kier alpha value is -3.35. The first-order valence-corrected chi connectivity index (χ1v) is 16.6. The Morgan fingerprint density at radius 1 is 1.23 bits per heavy atom. The van der Waals surface area contributed by atoms with E-state index in [1.54, 1.807) is 7.05 Å². The molecule has 2 aliphatic rings. The first kappa shape index (κ1) is 27.2. The van der Waals surface area contributed by atoms with Gasteiger partial charge < -0.3 is 23.7 Å². The first-order valence-electron chi connectivity index (χ1n) is 13.7. The molecule has 9 heteroatoms. The molecule has 1 aliphatic carbocycles. The molecule has 0 bridgehead atoms. The fourth-order valence-electron chi connectivity index (χ4n) is 5.13. The summed E-state index contributed by atoms with van der Waals surface area (Å²) in [4.78, 5) is 18.2. The minimum absolute atomic E-state index is 0.00996. The van der Waals surface area contributed by atoms with Gasteiger partial charge in [-0.2, -0.15) is 0 Å². The van der Waals surface area contributed by atoms with Gasteiger partial charge in [-0.25, -0.2) is 9.78 Å². The quantitative estimate of drug-likeness (QED) is 0.325. The van der Waals surface area contributed by atoms with Crippen molar-refractivity contribution in [3.8, 4) is 23.2 Å². The molecule has 2 amide bonds. The van der Waals surface area contributed by atoms with Gasteiger partial charge in [-0.15, -0.1) is 0 Å². The summed E-state index contributed by atoms with van der Waals surface area (Å²) in [5.41, 5.74) is 2.77. The molecular weight excluding hydrogens is 506 g/mol. The van der Waals surface area contributed by atoms with E-state index in [0.29, 0.717) is 24.3 Å². The molecule has 1 aliphatic heterocycles. The highest BCUT2D eigenvalue weighted by Gasteiger charge is 2.56. The molecule has 3 aromatic rings. The number of nitrogens with one attached hydrogen (secondary N) is 1. The lowest BCUT2D eigenvalue weighted by Crippen LogP contribution is -2.41. The maximum atomic E-state index is 11.8. The molecule has 0 spiro atoms. The third-order valence-electron chi connectivity index (χ3n) is 8.53. The molecule has 2 aromatic heterocycles. The molecule has 1 aromatic carbocycles. The van der Waals surface area contributed by atoms with E-state index in [1.807, 2.05) is 47.6 Å². The molecule has 2 fully saturated rings. The number of aromatic nitrogens is 3. The van der Waals surface area contributed by atoms with Crippen LogP contribution in [0.1, 0.15) is 50.9 Å². The predicted molar refractivity (Wildman–Crippen MR) is 153 cm³/mol. The van der Waals surface area contributed by atoms with Crippen molar-refractivity contribution in [2.24, 2.45) is 17.8 Å². The number of imidazole rings is 1. The van der Waals surface area contributed by atoms with Gasteiger partial charge in [0, 0.05) is 55.6 Å². The van der Waals surface area contributed by atoms with Crippen LogP contribution in [0.4, 0.5) is 4.79 Å². The first-order chi connectivity index (χ1) is 18.5. The number of amides is 2. The number of likely N-dealkylation sites (tertiary alicyclic amines) is 1. The maximum Gasteiger partial charge on any atom is 0.317 e. The molecule has 1 N–H and O–H groups in total. The van der Waals surface area contributed by atoms with Crippen LogP contribution in [0.25, 0.3) is 11.3 Å². The molecule has 1 saturated carbocycles. The lowest BCUT2D eigenvalue weighted by molar-refractivity contribution is 0.189. The molecule has 4 atom stereocenters. The second-order valence-electron chi connectivity index (χ2n) is 12.3. The minimum Gasteiger partial charge on any atom is -0.407 e. The van der Waals surface area contributed by atoms with E-state index in [0.717, 1.165) is 41.5 Å². The van der Waals surface area contributed by atoms with Crippen molar-refractivity contribution in [3.05, 3.63) is 59.8 Å². The van der Waals surface area contributed by atoms with Crippen LogP contribution in [0, 0.1) is 29.6 Å². The van der Waals surface area contributed by atoms with Gasteiger partial charge in [0.05, 0.1) is 6.54 Å². The van der Waals surface area contributed by atoms with Crippen LogP contribution >= 0.6 is 0 Å². The van der Waals surface area contributed by atoms with E-state index in [2.05, 4.69) is 72.7 Å². The van der Waals surface area contributed by atoms with E-state index in [4.69, 9.17) is 8.95 Å². The number of carbonyl (C=O) groups is 1. The van der Waals surface area contributed by atoms with Crippen LogP contribution < -0.4 is 5.32 Å². The number of hydrogen-bond acceptors (Lipinski definition) is 5. The lowest BCUT2D eigenvalue weighted by Gasteiger charge is -2.38. The van der Waals surface area contributed by atoms with Crippen molar-refractivity contribution < 1.29 is 13.7 Å². The number of rotatable bonds is 6. The number of fused-ring (bicyclic) bond motifs is 1. The molecule has 5 rings (SSSR count). The average Bonchev–Trinajstić information content (AvgIpc) is 3.38. The van der Waals surface area contributed by atoms with Crippen molar-refractivity contribution in [2.75, 3.05) is 20.1 Å². The topological polar surface area (TPSA) is 85.4 Å². The monoisotopic (exact) mass is 545 g/mol. The van der Waals surface area contributed by atoms with E-state index in [1.165, 1.54) is 0 Å². The Bertz CT molecular complexity index is 1380. The van der Waals surface area contributed by atoms with Crippen LogP contribution in [-0.2, 0) is 11.0 Å². The van der Waals surface area contributed by atoms with Gasteiger partial charge in [-0.05, 0) is 61.2 Å². The number of nitrogens with zero attached hydrogens (tertiary/aromatic N) is 4. The Balaban J connectivity index is 1.19. The summed E-state index contributed by atoms with van der Waals surface area (Å²) in [6.45, 7) is 15.5. The van der Waals surface area contributed by atoms with E-state index in [-0.39, 0.29) is 17.2 Å². The zero-order valence-corrected chi connectivity index (χ0v) is 25.0. The van der Waals surface area contributed by atoms with Crippen molar-refractivity contribution in [1.82, 2.24) is 24.9 Å². The number of hydrogen-bond donors (Lipinski definition) is 1. The Morgan fingerprint density at radius 2 is 1.92 bits per heavy atom. The zero-order valence-electron chi connectivity index (χ0n) is 24.0. The number of urea groups is 1. The van der Waals surface area contributed by atoms with Crippen LogP contribution in [0.5, 0.6) is 0 Å². The molecule has 8 nitrogen and oxygen atoms in total. The average molecular weight is 546 g/mol. The van der Waals surface area contributed by atoms with Crippen LogP contribution in [0.2, 0.25) is 18.1 Å². The molecular formula is C30H39N5O3Si. The largest absolute Gasteiger partial charge is 0.407 e. The smallest absolute Gasteiger partial charge is 0.317 e. The van der Waals surface area contributed by atoms with Gasteiger partial charge in [0.2, 0.25) is 0 Å². The SMILES string of the molecule is CNC(=O)N1C[C@@H]2C(C#Cc3ccc(-c4cc(Cn5ccnc5C(C)O[Si](C)(C)C(C)(C)C)no4)cc3)[C@@H]2C1. The Morgan fingerprint density at radius 3 is 2.56 bits per heavy atom. The van der Waals surface area contributed by atoms with Crippen molar-refractivity contribution >= 4 is 14.3 Å². The van der Waals surface area contributed by atoms with Gasteiger partial charge in [0.25, 0.3) is 0 Å². The van der Waals surface area contributed by atoms with E-state index in [9.17, 15) is 4.79 Å². The van der Waals surface area contributed by atoms with Crippen molar-refractivity contribution in [1.29, 1.82) is 0 Å². The van der Waals surface area contributed by atoms with Gasteiger partial charge in [-0.3, -0.25) is 0 Å². The van der Waals surface area contributed by atoms with E-state index < -0.39 is 8.32 Å². The number of benzene rings is 1. The van der Waals surface area contributed by atoms with Crippen molar-refractivity contribution in [3.63, 3.8) is 0 Å². The number of carbonyl (C=O) groups excluding carboxylic acids is 1. The fourth-order valence-corrected chi connectivity index (χ4v) is 6.47. The molecule has 3 heterocycles. The highest BCUT2D eigenvalue weighted by Crippen LogP contribution is 2.51. The Labute approximate surface area is 232 Å². The minimum atomic E-state index is -1.92. The van der Waals surface area contributed by atoms with Crippen molar-refractivity contribution in [2.45, 2.75) is 58.5 Å². The van der Waals surface area contributed by atoms with Gasteiger partial charge in [0.1, 0.15) is 17.6 Å². The van der Waals surface area contributed by atoms with Gasteiger partial charge in [0.15, 0.2) is 14.1 Å². The molecule has 2 unspecified atom stereocenters. The Kier molecular flexibility index (Phi) is 7.20. The standard InChI is InChI=1S/C30H39N5O3Si/c1-20(38-39(6,7)30(2,3)4)28-32-14-15-34(28)17-23-16-27(37-33-23)22-11-8-21(9-12-22)10-13-24-25-18-35(19-26(24)25)29(36)31-5/h8-9,11-12,14-16,20,24-26H,17-19H2,1-7H3,(H,31,36)/t20?,24?,25-,26+. The molecule has 1 saturated heterocycles. The molecule has 206 valence electrons. The maximum absolute atomic E-state index is 11.8. The third kappa shape index (κ3) is 5.68. The predicted octanol–water partition coefficient (Wildman–Crippen LogP) is 5.54. The van der Waals surface area contributed by atoms with Crippen LogP contribution in [0.15, 0.2) is 47.2 Å². The number of piperidine rings is 1. The lowest BCUT2D eigenvalue weighted by atomic mass is 10.1. The van der Waals surface area contributed by atoms with Gasteiger partial charge in [-0.1, -0.05) is 37.8 Å². The fraction of sp³-hybridized carbons (Fsp3) is 0.500. The summed E-state index contributed by atoms with van der Waals surface area (Å²) >= 11 is 0. The highest BCUT2D eigenvalue weighted by atomic mass is 28.4. The van der Waals surface area contributed by atoms with Crippen LogP contribution in [-0.4, -0.2) is 54.1 Å².